The second-order valence-corrected chi connectivity index (χ2v) is 6.49. The minimum Gasteiger partial charge on any atom is -0.507 e. The third-order valence-corrected chi connectivity index (χ3v) is 4.28. The number of phenolic OH excluding ortho intramolecular Hbond substituents is 3. The van der Waals surface area contributed by atoms with Crippen molar-refractivity contribution in [1.82, 2.24) is 0 Å². The maximum atomic E-state index is 12.9. The van der Waals surface area contributed by atoms with Gasteiger partial charge in [-0.3, -0.25) is 4.79 Å². The molecule has 0 saturated carbocycles. The highest BCUT2D eigenvalue weighted by Crippen LogP contribution is 2.36. The van der Waals surface area contributed by atoms with Crippen LogP contribution in [0.1, 0.15) is 19.4 Å². The number of hydrogen-bond donors (Lipinski definition) is 3. The standard InChI is InChI=1S/C21H20O6/c1-11(2)4-5-12-6-13(7-17(23)20(12)24)15-10-27-18-9-14(26-3)8-16(22)19(18)21(15)25/h4,6-10,22-24H,5H2,1-3H3. The number of ether oxygens (including phenoxy) is 1. The first kappa shape index (κ1) is 18.4. The second kappa shape index (κ2) is 7.07. The van der Waals surface area contributed by atoms with Crippen LogP contribution in [0.4, 0.5) is 0 Å². The van der Waals surface area contributed by atoms with Crippen molar-refractivity contribution in [3.8, 4) is 34.1 Å². The largest absolute Gasteiger partial charge is 0.507 e. The van der Waals surface area contributed by atoms with Gasteiger partial charge in [-0.2, -0.15) is 0 Å². The fourth-order valence-electron chi connectivity index (χ4n) is 2.83. The first-order valence-electron chi connectivity index (χ1n) is 8.33. The summed E-state index contributed by atoms with van der Waals surface area (Å²) in [6.07, 6.45) is 3.57. The summed E-state index contributed by atoms with van der Waals surface area (Å²) in [4.78, 5) is 12.9. The van der Waals surface area contributed by atoms with Crippen molar-refractivity contribution < 1.29 is 24.5 Å². The predicted molar refractivity (Wildman–Crippen MR) is 103 cm³/mol. The van der Waals surface area contributed by atoms with Gasteiger partial charge in [-0.15, -0.1) is 0 Å². The van der Waals surface area contributed by atoms with Crippen LogP contribution in [-0.2, 0) is 6.42 Å². The molecule has 6 nitrogen and oxygen atoms in total. The lowest BCUT2D eigenvalue weighted by Gasteiger charge is -2.10. The van der Waals surface area contributed by atoms with Crippen LogP contribution in [0.25, 0.3) is 22.1 Å². The summed E-state index contributed by atoms with van der Waals surface area (Å²) < 4.78 is 10.6. The van der Waals surface area contributed by atoms with E-state index in [1.165, 1.54) is 31.6 Å². The van der Waals surface area contributed by atoms with Crippen LogP contribution in [-0.4, -0.2) is 22.4 Å². The number of methoxy groups -OCH3 is 1. The highest BCUT2D eigenvalue weighted by atomic mass is 16.5. The van der Waals surface area contributed by atoms with Crippen molar-refractivity contribution in [2.24, 2.45) is 0 Å². The molecule has 140 valence electrons. The number of fused-ring (bicyclic) bond motifs is 1. The Balaban J connectivity index is 2.21. The topological polar surface area (TPSA) is 100 Å². The predicted octanol–water partition coefficient (Wildman–Crippen LogP) is 4.09. The maximum absolute atomic E-state index is 12.9. The summed E-state index contributed by atoms with van der Waals surface area (Å²) in [5.74, 6) is -0.452. The summed E-state index contributed by atoms with van der Waals surface area (Å²) in [5.41, 5.74) is 1.82. The summed E-state index contributed by atoms with van der Waals surface area (Å²) in [6, 6.07) is 5.75. The average molecular weight is 368 g/mol. The molecule has 0 bridgehead atoms. The van der Waals surface area contributed by atoms with Crippen LogP contribution < -0.4 is 10.2 Å². The molecule has 0 spiro atoms. The highest BCUT2D eigenvalue weighted by Gasteiger charge is 2.17. The highest BCUT2D eigenvalue weighted by molar-refractivity contribution is 5.88. The van der Waals surface area contributed by atoms with E-state index < -0.39 is 5.43 Å². The molecule has 1 heterocycles. The van der Waals surface area contributed by atoms with Crippen LogP contribution in [0.5, 0.6) is 23.0 Å². The quantitative estimate of drug-likeness (QED) is 0.474. The molecule has 0 fully saturated rings. The van der Waals surface area contributed by atoms with E-state index in [4.69, 9.17) is 9.15 Å². The summed E-state index contributed by atoms with van der Waals surface area (Å²) in [6.45, 7) is 3.85. The molecule has 3 rings (SSSR count). The van der Waals surface area contributed by atoms with Crippen molar-refractivity contribution in [3.05, 3.63) is 58.0 Å². The fraction of sp³-hybridized carbons (Fsp3) is 0.190. The molecule has 2 aromatic carbocycles. The third kappa shape index (κ3) is 3.46. The zero-order valence-corrected chi connectivity index (χ0v) is 15.2. The van der Waals surface area contributed by atoms with Crippen molar-refractivity contribution in [2.75, 3.05) is 7.11 Å². The van der Waals surface area contributed by atoms with E-state index in [0.717, 1.165) is 5.57 Å². The van der Waals surface area contributed by atoms with Gasteiger partial charge in [-0.05, 0) is 38.0 Å². The van der Waals surface area contributed by atoms with Crippen molar-refractivity contribution in [1.29, 1.82) is 0 Å². The van der Waals surface area contributed by atoms with Crippen LogP contribution in [0.3, 0.4) is 0 Å². The lowest BCUT2D eigenvalue weighted by molar-refractivity contribution is 0.400. The molecule has 0 atom stereocenters. The third-order valence-electron chi connectivity index (χ3n) is 4.28. The van der Waals surface area contributed by atoms with Gasteiger partial charge in [0.25, 0.3) is 0 Å². The molecule has 0 aliphatic heterocycles. The van der Waals surface area contributed by atoms with Crippen molar-refractivity contribution >= 4 is 11.0 Å². The van der Waals surface area contributed by atoms with E-state index in [2.05, 4.69) is 0 Å². The summed E-state index contributed by atoms with van der Waals surface area (Å²) in [5, 5.41) is 30.4. The summed E-state index contributed by atoms with van der Waals surface area (Å²) >= 11 is 0. The number of aromatic hydroxyl groups is 3. The monoisotopic (exact) mass is 368 g/mol. The van der Waals surface area contributed by atoms with E-state index in [1.807, 2.05) is 19.9 Å². The molecule has 0 unspecified atom stereocenters. The second-order valence-electron chi connectivity index (χ2n) is 6.49. The Hall–Kier alpha value is -3.41. The number of hydrogen-bond acceptors (Lipinski definition) is 6. The molecule has 1 aromatic heterocycles. The minimum absolute atomic E-state index is 0.0201. The van der Waals surface area contributed by atoms with Gasteiger partial charge in [0.15, 0.2) is 11.5 Å². The zero-order valence-electron chi connectivity index (χ0n) is 15.2. The van der Waals surface area contributed by atoms with Gasteiger partial charge in [0.1, 0.15) is 28.7 Å². The molecule has 0 radical (unpaired) electrons. The Kier molecular flexibility index (Phi) is 4.81. The molecule has 0 aliphatic carbocycles. The van der Waals surface area contributed by atoms with Crippen molar-refractivity contribution in [2.45, 2.75) is 20.3 Å². The Labute approximate surface area is 155 Å². The zero-order chi connectivity index (χ0) is 19.7. The fourth-order valence-corrected chi connectivity index (χ4v) is 2.83. The molecule has 3 N–H and O–H groups in total. The van der Waals surface area contributed by atoms with Gasteiger partial charge in [-0.1, -0.05) is 11.6 Å². The van der Waals surface area contributed by atoms with Crippen LogP contribution >= 0.6 is 0 Å². The molecule has 0 amide bonds. The number of rotatable bonds is 4. The smallest absolute Gasteiger partial charge is 0.204 e. The number of benzene rings is 2. The lowest BCUT2D eigenvalue weighted by Crippen LogP contribution is -2.05. The Bertz CT molecular complexity index is 1100. The van der Waals surface area contributed by atoms with E-state index in [1.54, 1.807) is 6.07 Å². The minimum atomic E-state index is -0.449. The van der Waals surface area contributed by atoms with Gasteiger partial charge in [0.05, 0.1) is 12.7 Å². The van der Waals surface area contributed by atoms with E-state index in [0.29, 0.717) is 23.3 Å². The first-order chi connectivity index (χ1) is 12.8. The number of allylic oxidation sites excluding steroid dienone is 2. The van der Waals surface area contributed by atoms with Gasteiger partial charge >= 0.3 is 0 Å². The van der Waals surface area contributed by atoms with Crippen molar-refractivity contribution in [3.63, 3.8) is 0 Å². The van der Waals surface area contributed by atoms with Crippen LogP contribution in [0, 0.1) is 0 Å². The SMILES string of the molecule is COc1cc(O)c2c(=O)c(-c3cc(O)c(O)c(CC=C(C)C)c3)coc2c1. The molecule has 27 heavy (non-hydrogen) atoms. The molecule has 6 heteroatoms. The Morgan fingerprint density at radius 1 is 1.11 bits per heavy atom. The molecule has 0 saturated heterocycles. The van der Waals surface area contributed by atoms with Crippen LogP contribution in [0.15, 0.2) is 51.4 Å². The van der Waals surface area contributed by atoms with E-state index in [9.17, 15) is 20.1 Å². The normalized spacial score (nSPS) is 10.8. The van der Waals surface area contributed by atoms with E-state index >= 15 is 0 Å². The lowest BCUT2D eigenvalue weighted by atomic mass is 9.99. The average Bonchev–Trinajstić information content (AvgIpc) is 2.62. The van der Waals surface area contributed by atoms with E-state index in [-0.39, 0.29) is 33.8 Å². The molecule has 3 aromatic rings. The molecular weight excluding hydrogens is 348 g/mol. The first-order valence-corrected chi connectivity index (χ1v) is 8.33. The Morgan fingerprint density at radius 2 is 1.85 bits per heavy atom. The van der Waals surface area contributed by atoms with Gasteiger partial charge in [0, 0.05) is 17.7 Å². The van der Waals surface area contributed by atoms with Gasteiger partial charge in [0.2, 0.25) is 5.43 Å². The maximum Gasteiger partial charge on any atom is 0.204 e. The van der Waals surface area contributed by atoms with Gasteiger partial charge < -0.3 is 24.5 Å². The molecule has 0 aliphatic rings. The molecular formula is C21H20O6. The summed E-state index contributed by atoms with van der Waals surface area (Å²) in [7, 11) is 1.44. The van der Waals surface area contributed by atoms with Gasteiger partial charge in [-0.25, -0.2) is 0 Å². The Morgan fingerprint density at radius 3 is 2.52 bits per heavy atom. The van der Waals surface area contributed by atoms with Crippen LogP contribution in [0.2, 0.25) is 0 Å². The number of phenols is 3.